The first kappa shape index (κ1) is 13.9. The molecule has 0 aromatic heterocycles. The van der Waals surface area contributed by atoms with Crippen molar-refractivity contribution in [2.45, 2.75) is 25.9 Å². The molecule has 2 amide bonds. The van der Waals surface area contributed by atoms with Gasteiger partial charge in [-0.1, -0.05) is 0 Å². The molecule has 1 fully saturated rings. The molecule has 0 aromatic rings. The standard InChI is InChI=1S/C11H20N2O4/c1-8(15)13-4-2-9(3-5-13)11(17)12-6-10(16)7-14/h9-10,14,16H,2-7H2,1H3,(H,12,17). The van der Waals surface area contributed by atoms with Crippen LogP contribution >= 0.6 is 0 Å². The van der Waals surface area contributed by atoms with E-state index in [9.17, 15) is 9.59 Å². The summed E-state index contributed by atoms with van der Waals surface area (Å²) in [4.78, 5) is 24.5. The minimum Gasteiger partial charge on any atom is -0.394 e. The van der Waals surface area contributed by atoms with E-state index in [1.165, 1.54) is 6.92 Å². The van der Waals surface area contributed by atoms with Crippen molar-refractivity contribution in [3.05, 3.63) is 0 Å². The van der Waals surface area contributed by atoms with E-state index in [0.29, 0.717) is 25.9 Å². The number of carbonyl (C=O) groups is 2. The predicted octanol–water partition coefficient (Wildman–Crippen LogP) is -1.29. The largest absolute Gasteiger partial charge is 0.394 e. The van der Waals surface area contributed by atoms with E-state index in [0.717, 1.165) is 0 Å². The lowest BCUT2D eigenvalue weighted by molar-refractivity contribution is -0.134. The van der Waals surface area contributed by atoms with E-state index in [1.54, 1.807) is 4.90 Å². The fourth-order valence-electron chi connectivity index (χ4n) is 1.88. The van der Waals surface area contributed by atoms with Crippen molar-refractivity contribution in [3.8, 4) is 0 Å². The number of aliphatic hydroxyl groups is 2. The summed E-state index contributed by atoms with van der Waals surface area (Å²) in [7, 11) is 0. The van der Waals surface area contributed by atoms with Gasteiger partial charge in [0.15, 0.2) is 0 Å². The van der Waals surface area contributed by atoms with Crippen LogP contribution in [0, 0.1) is 5.92 Å². The molecule has 1 rings (SSSR count). The number of likely N-dealkylation sites (tertiary alicyclic amines) is 1. The first-order chi connectivity index (χ1) is 8.04. The Morgan fingerprint density at radius 2 is 2.00 bits per heavy atom. The lowest BCUT2D eigenvalue weighted by Crippen LogP contribution is -2.44. The highest BCUT2D eigenvalue weighted by molar-refractivity contribution is 5.79. The van der Waals surface area contributed by atoms with E-state index in [2.05, 4.69) is 5.32 Å². The second-order valence-electron chi connectivity index (χ2n) is 4.36. The summed E-state index contributed by atoms with van der Waals surface area (Å²) in [5.74, 6) is -0.170. The predicted molar refractivity (Wildman–Crippen MR) is 61.1 cm³/mol. The molecule has 0 aromatic carbocycles. The summed E-state index contributed by atoms with van der Waals surface area (Å²) in [6, 6.07) is 0. The van der Waals surface area contributed by atoms with Crippen molar-refractivity contribution in [1.29, 1.82) is 0 Å². The molecule has 0 spiro atoms. The molecule has 1 atom stereocenters. The number of nitrogens with zero attached hydrogens (tertiary/aromatic N) is 1. The molecular formula is C11H20N2O4. The lowest BCUT2D eigenvalue weighted by atomic mass is 9.96. The Hall–Kier alpha value is -1.14. The van der Waals surface area contributed by atoms with Gasteiger partial charge in [-0.3, -0.25) is 9.59 Å². The van der Waals surface area contributed by atoms with E-state index >= 15 is 0 Å². The third-order valence-corrected chi connectivity index (χ3v) is 3.03. The molecule has 3 N–H and O–H groups in total. The summed E-state index contributed by atoms with van der Waals surface area (Å²) in [6.45, 7) is 2.45. The SMILES string of the molecule is CC(=O)N1CCC(C(=O)NCC(O)CO)CC1. The minimum atomic E-state index is -0.906. The maximum Gasteiger partial charge on any atom is 0.223 e. The molecule has 17 heavy (non-hydrogen) atoms. The maximum atomic E-state index is 11.7. The molecule has 0 saturated carbocycles. The van der Waals surface area contributed by atoms with Crippen LogP contribution in [0.4, 0.5) is 0 Å². The zero-order valence-electron chi connectivity index (χ0n) is 10.1. The Morgan fingerprint density at radius 3 is 2.47 bits per heavy atom. The first-order valence-electron chi connectivity index (χ1n) is 5.86. The minimum absolute atomic E-state index is 0.0413. The van der Waals surface area contributed by atoms with Crippen LogP contribution in [0.3, 0.4) is 0 Å². The number of carbonyl (C=O) groups excluding carboxylic acids is 2. The second kappa shape index (κ2) is 6.56. The number of hydrogen-bond acceptors (Lipinski definition) is 4. The normalized spacial score (nSPS) is 18.9. The van der Waals surface area contributed by atoms with E-state index in [4.69, 9.17) is 10.2 Å². The molecule has 1 aliphatic heterocycles. The highest BCUT2D eigenvalue weighted by Crippen LogP contribution is 2.17. The van der Waals surface area contributed by atoms with Gasteiger partial charge in [0.1, 0.15) is 0 Å². The van der Waals surface area contributed by atoms with Crippen LogP contribution < -0.4 is 5.32 Å². The molecule has 1 aliphatic rings. The molecule has 1 heterocycles. The van der Waals surface area contributed by atoms with Gasteiger partial charge in [0.2, 0.25) is 11.8 Å². The Labute approximate surface area is 101 Å². The highest BCUT2D eigenvalue weighted by atomic mass is 16.3. The lowest BCUT2D eigenvalue weighted by Gasteiger charge is -2.30. The van der Waals surface area contributed by atoms with Crippen LogP contribution in [0.2, 0.25) is 0 Å². The molecule has 0 aliphatic carbocycles. The van der Waals surface area contributed by atoms with Crippen LogP contribution in [0.15, 0.2) is 0 Å². The third kappa shape index (κ3) is 4.32. The molecule has 6 heteroatoms. The Kier molecular flexibility index (Phi) is 5.37. The fraction of sp³-hybridized carbons (Fsp3) is 0.818. The van der Waals surface area contributed by atoms with Crippen molar-refractivity contribution in [2.24, 2.45) is 5.92 Å². The molecule has 98 valence electrons. The van der Waals surface area contributed by atoms with Gasteiger partial charge in [-0.15, -0.1) is 0 Å². The van der Waals surface area contributed by atoms with Gasteiger partial charge in [-0.2, -0.15) is 0 Å². The molecular weight excluding hydrogens is 224 g/mol. The quantitative estimate of drug-likeness (QED) is 0.574. The number of aliphatic hydroxyl groups excluding tert-OH is 2. The summed E-state index contributed by atoms with van der Waals surface area (Å²) in [6.07, 6.45) is 0.401. The van der Waals surface area contributed by atoms with Crippen LogP contribution in [-0.2, 0) is 9.59 Å². The summed E-state index contributed by atoms with van der Waals surface area (Å²) in [5.41, 5.74) is 0. The van der Waals surface area contributed by atoms with Gasteiger partial charge in [0.05, 0.1) is 12.7 Å². The fourth-order valence-corrected chi connectivity index (χ4v) is 1.88. The first-order valence-corrected chi connectivity index (χ1v) is 5.86. The molecule has 1 saturated heterocycles. The van der Waals surface area contributed by atoms with Crippen LogP contribution in [0.25, 0.3) is 0 Å². The zero-order valence-corrected chi connectivity index (χ0v) is 10.1. The monoisotopic (exact) mass is 244 g/mol. The average Bonchev–Trinajstić information content (AvgIpc) is 2.35. The second-order valence-corrected chi connectivity index (χ2v) is 4.36. The summed E-state index contributed by atoms with van der Waals surface area (Å²) in [5, 5.41) is 20.3. The van der Waals surface area contributed by atoms with Gasteiger partial charge in [0, 0.05) is 32.5 Å². The number of piperidine rings is 1. The van der Waals surface area contributed by atoms with Gasteiger partial charge in [0.25, 0.3) is 0 Å². The van der Waals surface area contributed by atoms with Crippen molar-refractivity contribution >= 4 is 11.8 Å². The summed E-state index contributed by atoms with van der Waals surface area (Å²) < 4.78 is 0. The highest BCUT2D eigenvalue weighted by Gasteiger charge is 2.25. The Morgan fingerprint density at radius 1 is 1.41 bits per heavy atom. The van der Waals surface area contributed by atoms with Crippen molar-refractivity contribution in [1.82, 2.24) is 10.2 Å². The third-order valence-electron chi connectivity index (χ3n) is 3.03. The molecule has 6 nitrogen and oxygen atoms in total. The molecule has 1 unspecified atom stereocenters. The molecule has 0 bridgehead atoms. The smallest absolute Gasteiger partial charge is 0.223 e. The van der Waals surface area contributed by atoms with E-state index in [-0.39, 0.29) is 30.9 Å². The topological polar surface area (TPSA) is 89.9 Å². The van der Waals surface area contributed by atoms with Crippen molar-refractivity contribution in [3.63, 3.8) is 0 Å². The Bertz CT molecular complexity index is 275. The number of nitrogens with one attached hydrogen (secondary N) is 1. The van der Waals surface area contributed by atoms with Crippen LogP contribution in [-0.4, -0.2) is 59.3 Å². The zero-order chi connectivity index (χ0) is 12.8. The average molecular weight is 244 g/mol. The van der Waals surface area contributed by atoms with Crippen molar-refractivity contribution in [2.75, 3.05) is 26.2 Å². The molecule has 0 radical (unpaired) electrons. The van der Waals surface area contributed by atoms with Crippen LogP contribution in [0.1, 0.15) is 19.8 Å². The van der Waals surface area contributed by atoms with E-state index in [1.807, 2.05) is 0 Å². The number of amides is 2. The maximum absolute atomic E-state index is 11.7. The van der Waals surface area contributed by atoms with E-state index < -0.39 is 6.10 Å². The number of rotatable bonds is 4. The van der Waals surface area contributed by atoms with Crippen molar-refractivity contribution < 1.29 is 19.8 Å². The van der Waals surface area contributed by atoms with Gasteiger partial charge < -0.3 is 20.4 Å². The Balaban J connectivity index is 2.28. The van der Waals surface area contributed by atoms with Gasteiger partial charge in [-0.25, -0.2) is 0 Å². The van der Waals surface area contributed by atoms with Gasteiger partial charge >= 0.3 is 0 Å². The number of hydrogen-bond donors (Lipinski definition) is 3. The van der Waals surface area contributed by atoms with Crippen LogP contribution in [0.5, 0.6) is 0 Å². The summed E-state index contributed by atoms with van der Waals surface area (Å²) >= 11 is 0. The van der Waals surface area contributed by atoms with Gasteiger partial charge in [-0.05, 0) is 12.8 Å².